The molecule has 1 saturated heterocycles. The average Bonchev–Trinajstić information content (AvgIpc) is 2.85. The maximum atomic E-state index is 11.6. The second kappa shape index (κ2) is 6.12. The Hall–Kier alpha value is -1.47. The molecule has 19 heavy (non-hydrogen) atoms. The van der Waals surface area contributed by atoms with Crippen molar-refractivity contribution >= 4 is 23.3 Å². The van der Waals surface area contributed by atoms with E-state index in [0.717, 1.165) is 24.2 Å². The summed E-state index contributed by atoms with van der Waals surface area (Å²) in [6.45, 7) is 3.11. The van der Waals surface area contributed by atoms with E-state index in [1.54, 1.807) is 6.92 Å². The SMILES string of the molecule is CCOC(=O)c1nc(C(=O)O)c(C2CCCOC2)s1. The zero-order valence-corrected chi connectivity index (χ0v) is 11.4. The number of carbonyl (C=O) groups is 2. The summed E-state index contributed by atoms with van der Waals surface area (Å²) in [4.78, 5) is 27.3. The van der Waals surface area contributed by atoms with Gasteiger partial charge in [0.25, 0.3) is 0 Å². The van der Waals surface area contributed by atoms with Gasteiger partial charge in [-0.2, -0.15) is 0 Å². The van der Waals surface area contributed by atoms with Gasteiger partial charge in [0.2, 0.25) is 5.01 Å². The molecular formula is C12H15NO5S. The van der Waals surface area contributed by atoms with Crippen molar-refractivity contribution in [1.82, 2.24) is 4.98 Å². The first-order valence-electron chi connectivity index (χ1n) is 6.12. The fourth-order valence-corrected chi connectivity index (χ4v) is 3.06. The largest absolute Gasteiger partial charge is 0.476 e. The van der Waals surface area contributed by atoms with Crippen molar-refractivity contribution in [2.75, 3.05) is 19.8 Å². The highest BCUT2D eigenvalue weighted by atomic mass is 32.1. The molecule has 0 bridgehead atoms. The molecule has 1 aliphatic heterocycles. The van der Waals surface area contributed by atoms with Crippen molar-refractivity contribution in [1.29, 1.82) is 0 Å². The number of hydrogen-bond acceptors (Lipinski definition) is 6. The van der Waals surface area contributed by atoms with Crippen molar-refractivity contribution < 1.29 is 24.2 Å². The molecule has 0 aliphatic carbocycles. The van der Waals surface area contributed by atoms with Crippen LogP contribution in [0.3, 0.4) is 0 Å². The van der Waals surface area contributed by atoms with Gasteiger partial charge in [-0.05, 0) is 19.8 Å². The zero-order valence-electron chi connectivity index (χ0n) is 10.5. The lowest BCUT2D eigenvalue weighted by Crippen LogP contribution is -2.16. The molecule has 1 N–H and O–H groups in total. The molecule has 2 rings (SSSR count). The molecule has 1 atom stereocenters. The molecule has 1 aromatic rings. The Kier molecular flexibility index (Phi) is 4.49. The molecule has 1 aliphatic rings. The molecule has 1 unspecified atom stereocenters. The van der Waals surface area contributed by atoms with Gasteiger partial charge in [-0.1, -0.05) is 0 Å². The highest BCUT2D eigenvalue weighted by molar-refractivity contribution is 7.13. The summed E-state index contributed by atoms with van der Waals surface area (Å²) in [7, 11) is 0. The Bertz CT molecular complexity index is 478. The summed E-state index contributed by atoms with van der Waals surface area (Å²) in [6, 6.07) is 0. The van der Waals surface area contributed by atoms with Gasteiger partial charge >= 0.3 is 11.9 Å². The van der Waals surface area contributed by atoms with Crippen LogP contribution in [0.1, 0.15) is 50.9 Å². The predicted molar refractivity (Wildman–Crippen MR) is 67.8 cm³/mol. The summed E-state index contributed by atoms with van der Waals surface area (Å²) in [5.74, 6) is -1.69. The van der Waals surface area contributed by atoms with E-state index in [1.807, 2.05) is 0 Å². The second-order valence-corrected chi connectivity index (χ2v) is 5.20. The number of carbonyl (C=O) groups excluding carboxylic acids is 1. The molecule has 0 saturated carbocycles. The van der Waals surface area contributed by atoms with Crippen LogP contribution in [0.2, 0.25) is 0 Å². The first-order valence-corrected chi connectivity index (χ1v) is 6.94. The Morgan fingerprint density at radius 2 is 2.37 bits per heavy atom. The quantitative estimate of drug-likeness (QED) is 0.850. The molecule has 7 heteroatoms. The number of rotatable bonds is 4. The number of ether oxygens (including phenoxy) is 2. The van der Waals surface area contributed by atoms with Crippen LogP contribution in [0, 0.1) is 0 Å². The van der Waals surface area contributed by atoms with Crippen molar-refractivity contribution in [2.24, 2.45) is 0 Å². The lowest BCUT2D eigenvalue weighted by Gasteiger charge is -2.20. The standard InChI is InChI=1S/C12H15NO5S/c1-2-18-12(16)10-13-8(11(14)15)9(19-10)7-4-3-5-17-6-7/h7H,2-6H2,1H3,(H,14,15). The number of esters is 1. The summed E-state index contributed by atoms with van der Waals surface area (Å²) in [6.07, 6.45) is 1.74. The van der Waals surface area contributed by atoms with E-state index in [1.165, 1.54) is 0 Å². The fraction of sp³-hybridized carbons (Fsp3) is 0.583. The second-order valence-electron chi connectivity index (χ2n) is 4.17. The molecule has 1 aromatic heterocycles. The number of thiazole rings is 1. The fourth-order valence-electron chi connectivity index (χ4n) is 1.99. The minimum absolute atomic E-state index is 0.000488. The highest BCUT2D eigenvalue weighted by Gasteiger charge is 2.28. The van der Waals surface area contributed by atoms with Crippen molar-refractivity contribution in [2.45, 2.75) is 25.7 Å². The minimum Gasteiger partial charge on any atom is -0.476 e. The molecule has 1 fully saturated rings. The Morgan fingerprint density at radius 1 is 1.58 bits per heavy atom. The number of nitrogens with zero attached hydrogens (tertiary/aromatic N) is 1. The van der Waals surface area contributed by atoms with E-state index in [0.29, 0.717) is 18.1 Å². The molecule has 2 heterocycles. The van der Waals surface area contributed by atoms with Gasteiger partial charge in [-0.3, -0.25) is 0 Å². The monoisotopic (exact) mass is 285 g/mol. The van der Waals surface area contributed by atoms with Crippen molar-refractivity contribution in [3.63, 3.8) is 0 Å². The first-order chi connectivity index (χ1) is 9.13. The van der Waals surface area contributed by atoms with Gasteiger partial charge in [0.05, 0.1) is 13.2 Å². The van der Waals surface area contributed by atoms with E-state index < -0.39 is 11.9 Å². The van der Waals surface area contributed by atoms with Crippen molar-refractivity contribution in [3.05, 3.63) is 15.6 Å². The first kappa shape index (κ1) is 14.0. The van der Waals surface area contributed by atoms with Crippen LogP contribution in [-0.4, -0.2) is 41.8 Å². The van der Waals surface area contributed by atoms with E-state index in [-0.39, 0.29) is 23.2 Å². The van der Waals surface area contributed by atoms with E-state index >= 15 is 0 Å². The maximum Gasteiger partial charge on any atom is 0.367 e. The van der Waals surface area contributed by atoms with Crippen LogP contribution in [-0.2, 0) is 9.47 Å². The summed E-state index contributed by atoms with van der Waals surface area (Å²) in [5.41, 5.74) is -0.0523. The molecule has 0 aromatic carbocycles. The van der Waals surface area contributed by atoms with Crippen LogP contribution in [0.25, 0.3) is 0 Å². The maximum absolute atomic E-state index is 11.6. The van der Waals surface area contributed by atoms with E-state index in [2.05, 4.69) is 4.98 Å². The molecule has 6 nitrogen and oxygen atoms in total. The Morgan fingerprint density at radius 3 is 2.95 bits per heavy atom. The number of aromatic nitrogens is 1. The Labute approximate surface area is 114 Å². The molecule has 0 spiro atoms. The summed E-state index contributed by atoms with van der Waals surface area (Å²) in [5, 5.41) is 9.27. The van der Waals surface area contributed by atoms with Crippen LogP contribution < -0.4 is 0 Å². The lowest BCUT2D eigenvalue weighted by molar-refractivity contribution is 0.0526. The minimum atomic E-state index is -1.12. The van der Waals surface area contributed by atoms with E-state index in [9.17, 15) is 14.7 Å². The topological polar surface area (TPSA) is 85.7 Å². The predicted octanol–water partition coefficient (Wildman–Crippen LogP) is 1.91. The normalized spacial score (nSPS) is 19.1. The number of hydrogen-bond donors (Lipinski definition) is 1. The number of aromatic carboxylic acids is 1. The zero-order chi connectivity index (χ0) is 13.8. The van der Waals surface area contributed by atoms with Gasteiger partial charge < -0.3 is 14.6 Å². The third-order valence-corrected chi connectivity index (χ3v) is 4.03. The van der Waals surface area contributed by atoms with E-state index in [4.69, 9.17) is 9.47 Å². The number of carboxylic acid groups (broad SMARTS) is 1. The molecular weight excluding hydrogens is 270 g/mol. The van der Waals surface area contributed by atoms with Crippen molar-refractivity contribution in [3.8, 4) is 0 Å². The Balaban J connectivity index is 2.29. The van der Waals surface area contributed by atoms with Crippen LogP contribution in [0.15, 0.2) is 0 Å². The summed E-state index contributed by atoms with van der Waals surface area (Å²) < 4.78 is 10.2. The van der Waals surface area contributed by atoms with Gasteiger partial charge in [0.15, 0.2) is 5.69 Å². The number of carboxylic acids is 1. The third-order valence-electron chi connectivity index (χ3n) is 2.84. The lowest BCUT2D eigenvalue weighted by atomic mass is 9.99. The molecule has 0 amide bonds. The molecule has 0 radical (unpaired) electrons. The molecule has 104 valence electrons. The highest BCUT2D eigenvalue weighted by Crippen LogP contribution is 2.33. The third kappa shape index (κ3) is 3.10. The van der Waals surface area contributed by atoms with Crippen LogP contribution >= 0.6 is 11.3 Å². The smallest absolute Gasteiger partial charge is 0.367 e. The van der Waals surface area contributed by atoms with Crippen LogP contribution in [0.5, 0.6) is 0 Å². The summed E-state index contributed by atoms with van der Waals surface area (Å²) >= 11 is 1.10. The van der Waals surface area contributed by atoms with Gasteiger partial charge in [-0.15, -0.1) is 11.3 Å². The van der Waals surface area contributed by atoms with Gasteiger partial charge in [-0.25, -0.2) is 14.6 Å². The van der Waals surface area contributed by atoms with Crippen LogP contribution in [0.4, 0.5) is 0 Å². The average molecular weight is 285 g/mol. The van der Waals surface area contributed by atoms with Gasteiger partial charge in [0, 0.05) is 17.4 Å². The van der Waals surface area contributed by atoms with Gasteiger partial charge in [0.1, 0.15) is 0 Å².